The number of carbonyl (C=O) groups is 2. The van der Waals surface area contributed by atoms with Gasteiger partial charge in [-0.25, -0.2) is 4.79 Å². The van der Waals surface area contributed by atoms with Gasteiger partial charge in [-0.3, -0.25) is 4.79 Å². The van der Waals surface area contributed by atoms with Crippen LogP contribution in [-0.2, 0) is 27.1 Å². The SMILES string of the molecule is COC(=O)CCc1ccc2c(c1)CCC(NC(=O)OC(C)(C)C)N2. The molecule has 0 bridgehead atoms. The molecule has 0 spiro atoms. The third kappa shape index (κ3) is 5.44. The largest absolute Gasteiger partial charge is 0.469 e. The Hall–Kier alpha value is -2.24. The minimum Gasteiger partial charge on any atom is -0.469 e. The van der Waals surface area contributed by atoms with E-state index in [4.69, 9.17) is 4.74 Å². The van der Waals surface area contributed by atoms with Crippen molar-refractivity contribution in [2.45, 2.75) is 58.2 Å². The zero-order chi connectivity index (χ0) is 17.7. The smallest absolute Gasteiger partial charge is 0.409 e. The lowest BCUT2D eigenvalue weighted by Gasteiger charge is -2.29. The van der Waals surface area contributed by atoms with E-state index in [2.05, 4.69) is 21.4 Å². The molecule has 6 heteroatoms. The van der Waals surface area contributed by atoms with E-state index in [1.54, 1.807) is 0 Å². The van der Waals surface area contributed by atoms with E-state index >= 15 is 0 Å². The van der Waals surface area contributed by atoms with Gasteiger partial charge in [-0.15, -0.1) is 0 Å². The number of benzene rings is 1. The van der Waals surface area contributed by atoms with Crippen LogP contribution in [0.4, 0.5) is 10.5 Å². The van der Waals surface area contributed by atoms with Gasteiger partial charge in [0.1, 0.15) is 11.8 Å². The molecule has 0 radical (unpaired) electrons. The van der Waals surface area contributed by atoms with Gasteiger partial charge in [0.15, 0.2) is 0 Å². The van der Waals surface area contributed by atoms with Gasteiger partial charge in [-0.1, -0.05) is 12.1 Å². The second-order valence-corrected chi connectivity index (χ2v) is 6.95. The molecule has 1 amide bonds. The number of rotatable bonds is 4. The van der Waals surface area contributed by atoms with Gasteiger partial charge in [-0.2, -0.15) is 0 Å². The van der Waals surface area contributed by atoms with Crippen LogP contribution in [0.1, 0.15) is 44.7 Å². The summed E-state index contributed by atoms with van der Waals surface area (Å²) < 4.78 is 9.95. The number of alkyl carbamates (subject to hydrolysis) is 1. The van der Waals surface area contributed by atoms with Gasteiger partial charge in [0.2, 0.25) is 0 Å². The lowest BCUT2D eigenvalue weighted by atomic mass is 9.97. The zero-order valence-corrected chi connectivity index (χ0v) is 14.8. The molecule has 24 heavy (non-hydrogen) atoms. The van der Waals surface area contributed by atoms with Crippen molar-refractivity contribution in [3.8, 4) is 0 Å². The number of ether oxygens (including phenoxy) is 2. The molecule has 132 valence electrons. The maximum absolute atomic E-state index is 11.9. The van der Waals surface area contributed by atoms with E-state index in [9.17, 15) is 9.59 Å². The number of nitrogens with one attached hydrogen (secondary N) is 2. The number of aryl methyl sites for hydroxylation is 2. The summed E-state index contributed by atoms with van der Waals surface area (Å²) >= 11 is 0. The number of carbonyl (C=O) groups excluding carboxylic acids is 2. The van der Waals surface area contributed by atoms with E-state index in [1.165, 1.54) is 12.7 Å². The normalized spacial score (nSPS) is 16.6. The maximum atomic E-state index is 11.9. The molecule has 1 atom stereocenters. The number of hydrogen-bond acceptors (Lipinski definition) is 5. The molecule has 0 aromatic heterocycles. The molecule has 1 unspecified atom stereocenters. The highest BCUT2D eigenvalue weighted by Gasteiger charge is 2.22. The van der Waals surface area contributed by atoms with E-state index in [1.807, 2.05) is 32.9 Å². The summed E-state index contributed by atoms with van der Waals surface area (Å²) in [6.45, 7) is 5.52. The summed E-state index contributed by atoms with van der Waals surface area (Å²) in [4.78, 5) is 23.1. The number of anilines is 1. The third-order valence-electron chi connectivity index (χ3n) is 3.74. The summed E-state index contributed by atoms with van der Waals surface area (Å²) in [5, 5.41) is 6.16. The zero-order valence-electron chi connectivity index (χ0n) is 14.8. The Balaban J connectivity index is 1.92. The minimum absolute atomic E-state index is 0.145. The summed E-state index contributed by atoms with van der Waals surface area (Å²) in [7, 11) is 1.40. The highest BCUT2D eigenvalue weighted by molar-refractivity contribution is 5.70. The van der Waals surface area contributed by atoms with E-state index in [0.29, 0.717) is 12.8 Å². The third-order valence-corrected chi connectivity index (χ3v) is 3.74. The van der Waals surface area contributed by atoms with Crippen molar-refractivity contribution in [2.75, 3.05) is 12.4 Å². The van der Waals surface area contributed by atoms with Crippen LogP contribution in [0.25, 0.3) is 0 Å². The van der Waals surface area contributed by atoms with E-state index < -0.39 is 11.7 Å². The van der Waals surface area contributed by atoms with Gasteiger partial charge in [0.05, 0.1) is 7.11 Å². The quantitative estimate of drug-likeness (QED) is 0.828. The first-order valence-corrected chi connectivity index (χ1v) is 8.21. The van der Waals surface area contributed by atoms with Gasteiger partial charge >= 0.3 is 12.1 Å². The van der Waals surface area contributed by atoms with Crippen molar-refractivity contribution in [3.05, 3.63) is 29.3 Å². The summed E-state index contributed by atoms with van der Waals surface area (Å²) in [5.74, 6) is -0.201. The highest BCUT2D eigenvalue weighted by atomic mass is 16.6. The van der Waals surface area contributed by atoms with Crippen LogP contribution in [0.3, 0.4) is 0 Å². The van der Waals surface area contributed by atoms with Crippen molar-refractivity contribution >= 4 is 17.7 Å². The fraction of sp³-hybridized carbons (Fsp3) is 0.556. The fourth-order valence-corrected chi connectivity index (χ4v) is 2.62. The Labute approximate surface area is 142 Å². The predicted molar refractivity (Wildman–Crippen MR) is 91.9 cm³/mol. The Kier molecular flexibility index (Phi) is 5.70. The second-order valence-electron chi connectivity index (χ2n) is 6.95. The van der Waals surface area contributed by atoms with Gasteiger partial charge in [0, 0.05) is 12.1 Å². The standard InChI is InChI=1S/C18H26N2O4/c1-18(2,3)24-17(22)20-15-9-7-13-11-12(5-8-14(13)19-15)6-10-16(21)23-4/h5,8,11,15,19H,6-7,9-10H2,1-4H3,(H,20,22). The summed E-state index contributed by atoms with van der Waals surface area (Å²) in [6, 6.07) is 6.09. The van der Waals surface area contributed by atoms with Crippen LogP contribution in [-0.4, -0.2) is 30.9 Å². The number of methoxy groups -OCH3 is 1. The topological polar surface area (TPSA) is 76.7 Å². The Morgan fingerprint density at radius 2 is 2.08 bits per heavy atom. The molecular weight excluding hydrogens is 308 g/mol. The number of hydrogen-bond donors (Lipinski definition) is 2. The number of amides is 1. The Morgan fingerprint density at radius 3 is 2.75 bits per heavy atom. The van der Waals surface area contributed by atoms with Gasteiger partial charge < -0.3 is 20.1 Å². The average Bonchev–Trinajstić information content (AvgIpc) is 2.50. The molecule has 2 N–H and O–H groups in total. The molecule has 0 fully saturated rings. The fourth-order valence-electron chi connectivity index (χ4n) is 2.62. The molecule has 1 aromatic carbocycles. The van der Waals surface area contributed by atoms with E-state index in [-0.39, 0.29) is 12.1 Å². The first-order valence-electron chi connectivity index (χ1n) is 8.21. The van der Waals surface area contributed by atoms with Crippen LogP contribution < -0.4 is 10.6 Å². The molecule has 2 rings (SSSR count). The highest BCUT2D eigenvalue weighted by Crippen LogP contribution is 2.26. The summed E-state index contributed by atoms with van der Waals surface area (Å²) in [5.41, 5.74) is 2.80. The first kappa shape index (κ1) is 18.1. The first-order chi connectivity index (χ1) is 11.3. The molecule has 1 heterocycles. The number of fused-ring (bicyclic) bond motifs is 1. The van der Waals surface area contributed by atoms with Crippen molar-refractivity contribution in [1.29, 1.82) is 0 Å². The molecule has 0 saturated heterocycles. The predicted octanol–water partition coefficient (Wildman–Crippen LogP) is 3.00. The molecule has 1 aliphatic heterocycles. The maximum Gasteiger partial charge on any atom is 0.409 e. The Morgan fingerprint density at radius 1 is 1.33 bits per heavy atom. The average molecular weight is 334 g/mol. The summed E-state index contributed by atoms with van der Waals surface area (Å²) in [6.07, 6.45) is 2.12. The van der Waals surface area contributed by atoms with Crippen molar-refractivity contribution < 1.29 is 19.1 Å². The van der Waals surface area contributed by atoms with Crippen LogP contribution in [0.5, 0.6) is 0 Å². The van der Waals surface area contributed by atoms with Crippen LogP contribution >= 0.6 is 0 Å². The number of esters is 1. The van der Waals surface area contributed by atoms with Crippen molar-refractivity contribution in [3.63, 3.8) is 0 Å². The molecule has 0 aliphatic carbocycles. The van der Waals surface area contributed by atoms with Gasteiger partial charge in [0.25, 0.3) is 0 Å². The molecule has 0 saturated carbocycles. The lowest BCUT2D eigenvalue weighted by Crippen LogP contribution is -2.45. The van der Waals surface area contributed by atoms with Crippen molar-refractivity contribution in [2.24, 2.45) is 0 Å². The lowest BCUT2D eigenvalue weighted by molar-refractivity contribution is -0.140. The van der Waals surface area contributed by atoms with E-state index in [0.717, 1.165) is 24.1 Å². The van der Waals surface area contributed by atoms with Crippen LogP contribution in [0.15, 0.2) is 18.2 Å². The van der Waals surface area contributed by atoms with Gasteiger partial charge in [-0.05, 0) is 57.2 Å². The molecule has 6 nitrogen and oxygen atoms in total. The molecule has 1 aromatic rings. The Bertz CT molecular complexity index is 608. The monoisotopic (exact) mass is 334 g/mol. The molecule has 1 aliphatic rings. The van der Waals surface area contributed by atoms with Crippen LogP contribution in [0.2, 0.25) is 0 Å². The second kappa shape index (κ2) is 7.55. The molecular formula is C18H26N2O4. The van der Waals surface area contributed by atoms with Crippen LogP contribution in [0, 0.1) is 0 Å². The van der Waals surface area contributed by atoms with Crippen molar-refractivity contribution in [1.82, 2.24) is 5.32 Å². The minimum atomic E-state index is -0.509.